The summed E-state index contributed by atoms with van der Waals surface area (Å²) in [4.78, 5) is 26.1. The predicted octanol–water partition coefficient (Wildman–Crippen LogP) is 2.90. The van der Waals surface area contributed by atoms with E-state index in [0.29, 0.717) is 29.9 Å². The molecule has 1 aromatic carbocycles. The van der Waals surface area contributed by atoms with Crippen molar-refractivity contribution in [2.75, 3.05) is 11.9 Å². The van der Waals surface area contributed by atoms with Gasteiger partial charge in [-0.1, -0.05) is 0 Å². The SMILES string of the molecule is CCOC(=O)c1ccc(NC(=O)NC2C[C@H]3CCC[C@H](C2)[NH+]3C2CCCC2)cc1. The molecule has 6 nitrogen and oxygen atoms in total. The van der Waals surface area contributed by atoms with Crippen LogP contribution in [-0.4, -0.2) is 42.8 Å². The van der Waals surface area contributed by atoms with Crippen molar-refractivity contribution in [3.05, 3.63) is 29.8 Å². The number of piperidine rings is 2. The summed E-state index contributed by atoms with van der Waals surface area (Å²) in [6, 6.07) is 9.23. The third-order valence-electron chi connectivity index (χ3n) is 7.00. The van der Waals surface area contributed by atoms with Crippen molar-refractivity contribution in [1.82, 2.24) is 5.32 Å². The summed E-state index contributed by atoms with van der Waals surface area (Å²) in [5, 5.41) is 6.12. The second-order valence-electron chi connectivity index (χ2n) is 8.87. The Morgan fingerprint density at radius 3 is 2.21 bits per heavy atom. The van der Waals surface area contributed by atoms with Gasteiger partial charge in [-0.3, -0.25) is 0 Å². The van der Waals surface area contributed by atoms with Crippen molar-refractivity contribution in [2.45, 2.75) is 88.9 Å². The minimum atomic E-state index is -0.341. The van der Waals surface area contributed by atoms with Gasteiger partial charge in [0.15, 0.2) is 0 Å². The number of benzene rings is 1. The number of fused-ring (bicyclic) bond motifs is 2. The quantitative estimate of drug-likeness (QED) is 0.666. The number of hydrogen-bond acceptors (Lipinski definition) is 3. The number of amides is 2. The molecule has 2 aliphatic heterocycles. The minimum Gasteiger partial charge on any atom is -0.462 e. The molecule has 0 aromatic heterocycles. The van der Waals surface area contributed by atoms with Crippen LogP contribution in [0, 0.1) is 0 Å². The number of urea groups is 1. The Balaban J connectivity index is 1.30. The number of ether oxygens (including phenoxy) is 1. The molecule has 1 saturated carbocycles. The third-order valence-corrected chi connectivity index (χ3v) is 7.00. The van der Waals surface area contributed by atoms with Crippen molar-refractivity contribution in [3.8, 4) is 0 Å². The molecule has 158 valence electrons. The Labute approximate surface area is 173 Å². The molecule has 2 amide bonds. The maximum Gasteiger partial charge on any atom is 0.338 e. The first-order valence-electron chi connectivity index (χ1n) is 11.4. The summed E-state index contributed by atoms with van der Waals surface area (Å²) in [5.41, 5.74) is 1.18. The van der Waals surface area contributed by atoms with Crippen LogP contribution in [0.1, 0.15) is 75.1 Å². The zero-order chi connectivity index (χ0) is 20.2. The van der Waals surface area contributed by atoms with Gasteiger partial charge in [-0.15, -0.1) is 0 Å². The molecule has 2 bridgehead atoms. The first-order valence-corrected chi connectivity index (χ1v) is 11.4. The van der Waals surface area contributed by atoms with Crippen LogP contribution in [0.3, 0.4) is 0 Å². The van der Waals surface area contributed by atoms with Gasteiger partial charge in [-0.25, -0.2) is 9.59 Å². The lowest BCUT2D eigenvalue weighted by Gasteiger charge is -2.48. The lowest BCUT2D eigenvalue weighted by atomic mass is 9.80. The summed E-state index contributed by atoms with van der Waals surface area (Å²) >= 11 is 0. The van der Waals surface area contributed by atoms with E-state index in [1.54, 1.807) is 31.2 Å². The number of carbonyl (C=O) groups excluding carboxylic acids is 2. The summed E-state index contributed by atoms with van der Waals surface area (Å²) in [7, 11) is 0. The van der Waals surface area contributed by atoms with Crippen LogP contribution in [0.25, 0.3) is 0 Å². The molecule has 3 fully saturated rings. The number of carbonyl (C=O) groups is 2. The van der Waals surface area contributed by atoms with E-state index in [2.05, 4.69) is 10.6 Å². The monoisotopic (exact) mass is 400 g/mol. The number of rotatable bonds is 5. The molecule has 6 heteroatoms. The summed E-state index contributed by atoms with van der Waals surface area (Å²) in [6.07, 6.45) is 11.7. The highest BCUT2D eigenvalue weighted by atomic mass is 16.5. The molecule has 0 radical (unpaired) electrons. The molecule has 3 N–H and O–H groups in total. The summed E-state index contributed by atoms with van der Waals surface area (Å²) in [5.74, 6) is -0.341. The summed E-state index contributed by atoms with van der Waals surface area (Å²) in [6.45, 7) is 2.14. The van der Waals surface area contributed by atoms with Gasteiger partial charge in [-0.05, 0) is 76.1 Å². The van der Waals surface area contributed by atoms with E-state index in [-0.39, 0.29) is 18.0 Å². The van der Waals surface area contributed by atoms with Crippen molar-refractivity contribution in [3.63, 3.8) is 0 Å². The topological polar surface area (TPSA) is 71.9 Å². The Bertz CT molecular complexity index is 701. The van der Waals surface area contributed by atoms with E-state index in [1.165, 1.54) is 44.9 Å². The van der Waals surface area contributed by atoms with Crippen LogP contribution < -0.4 is 15.5 Å². The molecule has 0 spiro atoms. The molecule has 4 rings (SSSR count). The van der Waals surface area contributed by atoms with Crippen LogP contribution in [-0.2, 0) is 4.74 Å². The van der Waals surface area contributed by atoms with Crippen molar-refractivity contribution < 1.29 is 19.2 Å². The standard InChI is InChI=1S/C23H33N3O3/c1-2-29-22(27)16-10-12-17(13-11-16)24-23(28)25-18-14-20-8-5-9-21(15-18)26(20)19-6-3-4-7-19/h10-13,18-21H,2-9,14-15H2,1H3,(H2,24,25,28)/p+1/t20-,21-/m1/s1. The molecular weight excluding hydrogens is 366 g/mol. The molecule has 29 heavy (non-hydrogen) atoms. The van der Waals surface area contributed by atoms with Crippen LogP contribution in [0.15, 0.2) is 24.3 Å². The highest BCUT2D eigenvalue weighted by molar-refractivity contribution is 5.92. The van der Waals surface area contributed by atoms with Gasteiger partial charge in [-0.2, -0.15) is 0 Å². The second-order valence-corrected chi connectivity index (χ2v) is 8.87. The van der Waals surface area contributed by atoms with E-state index in [0.717, 1.165) is 18.9 Å². The lowest BCUT2D eigenvalue weighted by Crippen LogP contribution is -3.24. The normalized spacial score (nSPS) is 29.3. The van der Waals surface area contributed by atoms with E-state index in [4.69, 9.17) is 4.74 Å². The first-order chi connectivity index (χ1) is 14.1. The van der Waals surface area contributed by atoms with Gasteiger partial charge in [0.1, 0.15) is 0 Å². The highest BCUT2D eigenvalue weighted by Crippen LogP contribution is 2.26. The fourth-order valence-corrected chi connectivity index (χ4v) is 5.87. The number of anilines is 1. The zero-order valence-electron chi connectivity index (χ0n) is 17.4. The van der Waals surface area contributed by atoms with Gasteiger partial charge in [0.05, 0.1) is 30.3 Å². The molecule has 1 aliphatic carbocycles. The minimum absolute atomic E-state index is 0.152. The van der Waals surface area contributed by atoms with Crippen molar-refractivity contribution >= 4 is 17.7 Å². The number of quaternary nitrogens is 1. The van der Waals surface area contributed by atoms with Crippen LogP contribution in [0.4, 0.5) is 10.5 Å². The third kappa shape index (κ3) is 4.74. The van der Waals surface area contributed by atoms with Crippen LogP contribution in [0.5, 0.6) is 0 Å². The molecule has 2 saturated heterocycles. The van der Waals surface area contributed by atoms with Gasteiger partial charge >= 0.3 is 12.0 Å². The van der Waals surface area contributed by atoms with E-state index in [1.807, 2.05) is 4.90 Å². The average Bonchev–Trinajstić information content (AvgIpc) is 3.22. The van der Waals surface area contributed by atoms with Gasteiger partial charge < -0.3 is 20.3 Å². The smallest absolute Gasteiger partial charge is 0.338 e. The zero-order valence-corrected chi connectivity index (χ0v) is 17.4. The Kier molecular flexibility index (Phi) is 6.38. The molecular formula is C23H34N3O3+. The highest BCUT2D eigenvalue weighted by Gasteiger charge is 2.46. The largest absolute Gasteiger partial charge is 0.462 e. The number of nitrogens with one attached hydrogen (secondary N) is 3. The molecule has 2 atom stereocenters. The van der Waals surface area contributed by atoms with E-state index < -0.39 is 0 Å². The Morgan fingerprint density at radius 2 is 1.59 bits per heavy atom. The summed E-state index contributed by atoms with van der Waals surface area (Å²) < 4.78 is 4.99. The number of hydrogen-bond donors (Lipinski definition) is 3. The molecule has 1 aromatic rings. The maximum absolute atomic E-state index is 12.5. The van der Waals surface area contributed by atoms with Gasteiger partial charge in [0.25, 0.3) is 0 Å². The fraction of sp³-hybridized carbons (Fsp3) is 0.652. The second kappa shape index (κ2) is 9.16. The van der Waals surface area contributed by atoms with E-state index >= 15 is 0 Å². The Morgan fingerprint density at radius 1 is 0.966 bits per heavy atom. The molecule has 3 aliphatic rings. The molecule has 2 heterocycles. The van der Waals surface area contributed by atoms with Crippen molar-refractivity contribution in [2.24, 2.45) is 0 Å². The van der Waals surface area contributed by atoms with E-state index in [9.17, 15) is 9.59 Å². The lowest BCUT2D eigenvalue weighted by molar-refractivity contribution is -0.982. The van der Waals surface area contributed by atoms with Crippen LogP contribution >= 0.6 is 0 Å². The van der Waals surface area contributed by atoms with Crippen LogP contribution in [0.2, 0.25) is 0 Å². The molecule has 0 unspecified atom stereocenters. The predicted molar refractivity (Wildman–Crippen MR) is 112 cm³/mol. The Hall–Kier alpha value is -2.08. The van der Waals surface area contributed by atoms with Gasteiger partial charge in [0.2, 0.25) is 0 Å². The maximum atomic E-state index is 12.5. The van der Waals surface area contributed by atoms with Crippen molar-refractivity contribution in [1.29, 1.82) is 0 Å². The fourth-order valence-electron chi connectivity index (χ4n) is 5.87. The first kappa shape index (κ1) is 20.2. The number of esters is 1. The van der Waals surface area contributed by atoms with Gasteiger partial charge in [0, 0.05) is 24.6 Å². The average molecular weight is 401 g/mol.